The molecule has 0 unspecified atom stereocenters. The quantitative estimate of drug-likeness (QED) is 0.840. The molecule has 3 nitrogen and oxygen atoms in total. The molecule has 2 rings (SSSR count). The zero-order valence-electron chi connectivity index (χ0n) is 10.1. The second-order valence-corrected chi connectivity index (χ2v) is 5.83. The summed E-state index contributed by atoms with van der Waals surface area (Å²) in [4.78, 5) is 14.7. The van der Waals surface area contributed by atoms with Crippen molar-refractivity contribution in [2.24, 2.45) is 0 Å². The van der Waals surface area contributed by atoms with E-state index < -0.39 is 0 Å². The number of carbonyl (C=O) groups is 1. The van der Waals surface area contributed by atoms with E-state index in [0.29, 0.717) is 19.4 Å². The molecule has 5 heteroatoms. The standard InChI is InChI=1S/C13H14ClNO2S/c1-15(9-11-5-6-12(14)18-11)13(16)7-4-10-3-2-8-17-10/h2-3,5-6,8H,4,7,9H2,1H3. The van der Waals surface area contributed by atoms with E-state index in [2.05, 4.69) is 0 Å². The van der Waals surface area contributed by atoms with Gasteiger partial charge in [-0.2, -0.15) is 0 Å². The van der Waals surface area contributed by atoms with Crippen molar-refractivity contribution in [2.75, 3.05) is 7.05 Å². The van der Waals surface area contributed by atoms with Crippen molar-refractivity contribution in [1.82, 2.24) is 4.90 Å². The van der Waals surface area contributed by atoms with E-state index in [4.69, 9.17) is 16.0 Å². The molecule has 2 aromatic heterocycles. The number of hydrogen-bond donors (Lipinski definition) is 0. The fourth-order valence-electron chi connectivity index (χ4n) is 1.63. The van der Waals surface area contributed by atoms with E-state index in [0.717, 1.165) is 15.0 Å². The fourth-order valence-corrected chi connectivity index (χ4v) is 2.78. The van der Waals surface area contributed by atoms with Crippen molar-refractivity contribution in [3.05, 3.63) is 45.5 Å². The smallest absolute Gasteiger partial charge is 0.223 e. The Bertz CT molecular complexity index is 507. The van der Waals surface area contributed by atoms with Crippen molar-refractivity contribution in [3.63, 3.8) is 0 Å². The molecule has 0 N–H and O–H groups in total. The van der Waals surface area contributed by atoms with E-state index in [1.807, 2.05) is 24.3 Å². The Labute approximate surface area is 115 Å². The Morgan fingerprint density at radius 3 is 2.89 bits per heavy atom. The molecule has 0 fully saturated rings. The minimum Gasteiger partial charge on any atom is -0.469 e. The van der Waals surface area contributed by atoms with Gasteiger partial charge in [-0.25, -0.2) is 0 Å². The van der Waals surface area contributed by atoms with Crippen LogP contribution >= 0.6 is 22.9 Å². The molecule has 0 saturated carbocycles. The number of furan rings is 1. The average molecular weight is 284 g/mol. The van der Waals surface area contributed by atoms with Gasteiger partial charge in [-0.3, -0.25) is 4.79 Å². The Kier molecular flexibility index (Phi) is 4.44. The summed E-state index contributed by atoms with van der Waals surface area (Å²) in [5, 5.41) is 0. The summed E-state index contributed by atoms with van der Waals surface area (Å²) >= 11 is 7.36. The summed E-state index contributed by atoms with van der Waals surface area (Å²) in [7, 11) is 1.80. The first-order valence-corrected chi connectivity index (χ1v) is 6.85. The summed E-state index contributed by atoms with van der Waals surface area (Å²) in [5.41, 5.74) is 0. The maximum Gasteiger partial charge on any atom is 0.223 e. The Balaban J connectivity index is 1.81. The SMILES string of the molecule is CN(Cc1ccc(Cl)s1)C(=O)CCc1ccco1. The van der Waals surface area contributed by atoms with Crippen LogP contribution in [0.5, 0.6) is 0 Å². The molecule has 1 amide bonds. The van der Waals surface area contributed by atoms with Gasteiger partial charge in [0.05, 0.1) is 17.1 Å². The number of carbonyl (C=O) groups excluding carboxylic acids is 1. The number of aryl methyl sites for hydroxylation is 1. The molecule has 0 saturated heterocycles. The third-order valence-electron chi connectivity index (χ3n) is 2.61. The van der Waals surface area contributed by atoms with Gasteiger partial charge in [0.1, 0.15) is 5.76 Å². The van der Waals surface area contributed by atoms with Gasteiger partial charge in [-0.1, -0.05) is 11.6 Å². The van der Waals surface area contributed by atoms with Crippen LogP contribution in [0, 0.1) is 0 Å². The average Bonchev–Trinajstić information content (AvgIpc) is 2.97. The highest BCUT2D eigenvalue weighted by Gasteiger charge is 2.11. The monoisotopic (exact) mass is 283 g/mol. The summed E-state index contributed by atoms with van der Waals surface area (Å²) < 4.78 is 5.95. The predicted molar refractivity (Wildman–Crippen MR) is 72.8 cm³/mol. The molecule has 0 aliphatic carbocycles. The zero-order valence-corrected chi connectivity index (χ0v) is 11.6. The lowest BCUT2D eigenvalue weighted by Crippen LogP contribution is -2.25. The Morgan fingerprint density at radius 1 is 1.44 bits per heavy atom. The van der Waals surface area contributed by atoms with Crippen LogP contribution in [0.4, 0.5) is 0 Å². The van der Waals surface area contributed by atoms with Crippen LogP contribution in [0.2, 0.25) is 4.34 Å². The molecule has 0 spiro atoms. The number of thiophene rings is 1. The summed E-state index contributed by atoms with van der Waals surface area (Å²) in [5.74, 6) is 0.951. The maximum atomic E-state index is 11.9. The number of hydrogen-bond acceptors (Lipinski definition) is 3. The van der Waals surface area contributed by atoms with Gasteiger partial charge in [-0.05, 0) is 24.3 Å². The highest BCUT2D eigenvalue weighted by atomic mass is 35.5. The van der Waals surface area contributed by atoms with Crippen molar-refractivity contribution in [1.29, 1.82) is 0 Å². The molecular formula is C13H14ClNO2S. The largest absolute Gasteiger partial charge is 0.469 e. The molecule has 18 heavy (non-hydrogen) atoms. The first kappa shape index (κ1) is 13.2. The first-order chi connectivity index (χ1) is 8.65. The molecule has 2 heterocycles. The number of rotatable bonds is 5. The molecule has 2 aromatic rings. The molecular weight excluding hydrogens is 270 g/mol. The van der Waals surface area contributed by atoms with Gasteiger partial charge in [0.15, 0.2) is 0 Å². The van der Waals surface area contributed by atoms with E-state index in [1.54, 1.807) is 18.2 Å². The van der Waals surface area contributed by atoms with Crippen molar-refractivity contribution in [3.8, 4) is 0 Å². The van der Waals surface area contributed by atoms with Crippen LogP contribution < -0.4 is 0 Å². The zero-order chi connectivity index (χ0) is 13.0. The van der Waals surface area contributed by atoms with Crippen molar-refractivity contribution in [2.45, 2.75) is 19.4 Å². The van der Waals surface area contributed by atoms with E-state index in [-0.39, 0.29) is 5.91 Å². The minimum absolute atomic E-state index is 0.107. The molecule has 0 aliphatic heterocycles. The number of halogens is 1. The summed E-state index contributed by atoms with van der Waals surface area (Å²) in [6.45, 7) is 0.606. The van der Waals surface area contributed by atoms with E-state index in [1.165, 1.54) is 11.3 Å². The third kappa shape index (κ3) is 3.62. The second-order valence-electron chi connectivity index (χ2n) is 4.03. The Hall–Kier alpha value is -1.26. The van der Waals surface area contributed by atoms with Crippen LogP contribution in [-0.2, 0) is 17.8 Å². The lowest BCUT2D eigenvalue weighted by molar-refractivity contribution is -0.130. The van der Waals surface area contributed by atoms with Gasteiger partial charge in [0, 0.05) is 24.8 Å². The molecule has 0 radical (unpaired) electrons. The van der Waals surface area contributed by atoms with Crippen LogP contribution in [0.25, 0.3) is 0 Å². The number of amides is 1. The van der Waals surface area contributed by atoms with Gasteiger partial charge in [0.25, 0.3) is 0 Å². The van der Waals surface area contributed by atoms with Crippen LogP contribution in [0.15, 0.2) is 34.9 Å². The Morgan fingerprint density at radius 2 is 2.28 bits per heavy atom. The van der Waals surface area contributed by atoms with Crippen LogP contribution in [0.1, 0.15) is 17.1 Å². The first-order valence-electron chi connectivity index (χ1n) is 5.65. The molecule has 0 bridgehead atoms. The highest BCUT2D eigenvalue weighted by molar-refractivity contribution is 7.16. The van der Waals surface area contributed by atoms with Gasteiger partial charge in [0.2, 0.25) is 5.91 Å². The minimum atomic E-state index is 0.107. The van der Waals surface area contributed by atoms with Gasteiger partial charge < -0.3 is 9.32 Å². The molecule has 0 atom stereocenters. The molecule has 0 aromatic carbocycles. The molecule has 0 aliphatic rings. The summed E-state index contributed by atoms with van der Waals surface area (Å²) in [6.07, 6.45) is 2.72. The topological polar surface area (TPSA) is 33.5 Å². The third-order valence-corrected chi connectivity index (χ3v) is 3.83. The van der Waals surface area contributed by atoms with Crippen molar-refractivity contribution < 1.29 is 9.21 Å². The van der Waals surface area contributed by atoms with Crippen molar-refractivity contribution >= 4 is 28.8 Å². The fraction of sp³-hybridized carbons (Fsp3) is 0.308. The second kappa shape index (κ2) is 6.07. The highest BCUT2D eigenvalue weighted by Crippen LogP contribution is 2.22. The predicted octanol–water partition coefficient (Wildman–Crippen LogP) is 3.59. The molecule has 96 valence electrons. The van der Waals surface area contributed by atoms with Crippen LogP contribution in [-0.4, -0.2) is 17.9 Å². The van der Waals surface area contributed by atoms with Gasteiger partial charge in [-0.15, -0.1) is 11.3 Å². The van der Waals surface area contributed by atoms with E-state index in [9.17, 15) is 4.79 Å². The summed E-state index contributed by atoms with van der Waals surface area (Å²) in [6, 6.07) is 7.51. The number of nitrogens with zero attached hydrogens (tertiary/aromatic N) is 1. The maximum absolute atomic E-state index is 11.9. The van der Waals surface area contributed by atoms with E-state index >= 15 is 0 Å². The lowest BCUT2D eigenvalue weighted by atomic mass is 10.2. The van der Waals surface area contributed by atoms with Gasteiger partial charge >= 0.3 is 0 Å². The lowest BCUT2D eigenvalue weighted by Gasteiger charge is -2.15. The van der Waals surface area contributed by atoms with Crippen LogP contribution in [0.3, 0.4) is 0 Å². The normalized spacial score (nSPS) is 10.6.